The van der Waals surface area contributed by atoms with Gasteiger partial charge in [0.05, 0.1) is 11.0 Å². The number of rotatable bonds is 4. The normalized spacial score (nSPS) is 12.2. The minimum atomic E-state index is -0.378. The van der Waals surface area contributed by atoms with Crippen LogP contribution in [0.5, 0.6) is 0 Å². The van der Waals surface area contributed by atoms with Crippen molar-refractivity contribution < 1.29 is 4.92 Å². The topological polar surface area (TPSA) is 69.2 Å². The number of benzene rings is 2. The zero-order valence-electron chi connectivity index (χ0n) is 12.6. The number of non-ortho nitro benzene ring substituents is 1. The number of nitrogens with two attached hydrogens (primary N) is 1. The standard InChI is InChI=1S/C17H20N2O2/c1-4-13-5-6-15(19(20)21)10-16(13)17(18)14-8-11(2)7-12(3)9-14/h5-10,17H,4,18H2,1-3H3. The molecule has 0 heterocycles. The molecule has 1 atom stereocenters. The zero-order valence-corrected chi connectivity index (χ0v) is 12.6. The highest BCUT2D eigenvalue weighted by atomic mass is 16.6. The molecule has 0 aliphatic carbocycles. The fourth-order valence-electron chi connectivity index (χ4n) is 2.68. The molecule has 2 rings (SSSR count). The summed E-state index contributed by atoms with van der Waals surface area (Å²) in [5.74, 6) is 0. The second kappa shape index (κ2) is 6.06. The van der Waals surface area contributed by atoms with E-state index >= 15 is 0 Å². The third kappa shape index (κ3) is 3.28. The lowest BCUT2D eigenvalue weighted by molar-refractivity contribution is -0.384. The Morgan fingerprint density at radius 1 is 1.14 bits per heavy atom. The van der Waals surface area contributed by atoms with Crippen LogP contribution in [-0.2, 0) is 6.42 Å². The van der Waals surface area contributed by atoms with Crippen molar-refractivity contribution in [3.63, 3.8) is 0 Å². The van der Waals surface area contributed by atoms with Crippen LogP contribution < -0.4 is 5.73 Å². The van der Waals surface area contributed by atoms with E-state index in [1.165, 1.54) is 6.07 Å². The van der Waals surface area contributed by atoms with E-state index in [2.05, 4.69) is 6.07 Å². The Morgan fingerprint density at radius 2 is 1.76 bits per heavy atom. The molecular weight excluding hydrogens is 264 g/mol. The predicted octanol–water partition coefficient (Wildman–Crippen LogP) is 3.82. The van der Waals surface area contributed by atoms with E-state index in [1.54, 1.807) is 12.1 Å². The van der Waals surface area contributed by atoms with Crippen molar-refractivity contribution in [3.05, 3.63) is 74.3 Å². The first-order valence-corrected chi connectivity index (χ1v) is 7.03. The Kier molecular flexibility index (Phi) is 4.38. The van der Waals surface area contributed by atoms with Crippen molar-refractivity contribution in [2.24, 2.45) is 5.73 Å². The first-order chi connectivity index (χ1) is 9.92. The Hall–Kier alpha value is -2.20. The number of nitrogens with zero attached hydrogens (tertiary/aromatic N) is 1. The lowest BCUT2D eigenvalue weighted by Gasteiger charge is -2.17. The highest BCUT2D eigenvalue weighted by Crippen LogP contribution is 2.28. The molecule has 0 aliphatic heterocycles. The molecule has 0 fully saturated rings. The molecule has 110 valence electrons. The van der Waals surface area contributed by atoms with Gasteiger partial charge in [-0.05, 0) is 37.0 Å². The molecular formula is C17H20N2O2. The summed E-state index contributed by atoms with van der Waals surface area (Å²) in [4.78, 5) is 10.6. The third-order valence-corrected chi connectivity index (χ3v) is 3.66. The zero-order chi connectivity index (χ0) is 15.6. The Morgan fingerprint density at radius 3 is 2.29 bits per heavy atom. The molecule has 0 amide bonds. The summed E-state index contributed by atoms with van der Waals surface area (Å²) in [6.45, 7) is 6.08. The van der Waals surface area contributed by atoms with Gasteiger partial charge in [-0.3, -0.25) is 10.1 Å². The van der Waals surface area contributed by atoms with Gasteiger partial charge in [0.25, 0.3) is 5.69 Å². The van der Waals surface area contributed by atoms with Crippen molar-refractivity contribution in [3.8, 4) is 0 Å². The highest BCUT2D eigenvalue weighted by molar-refractivity contribution is 5.46. The van der Waals surface area contributed by atoms with Gasteiger partial charge in [-0.25, -0.2) is 0 Å². The van der Waals surface area contributed by atoms with Crippen LogP contribution >= 0.6 is 0 Å². The van der Waals surface area contributed by atoms with Gasteiger partial charge in [0.1, 0.15) is 0 Å². The van der Waals surface area contributed by atoms with Gasteiger partial charge < -0.3 is 5.73 Å². The van der Waals surface area contributed by atoms with E-state index < -0.39 is 0 Å². The van der Waals surface area contributed by atoms with E-state index in [9.17, 15) is 10.1 Å². The van der Waals surface area contributed by atoms with Crippen molar-refractivity contribution in [2.75, 3.05) is 0 Å². The minimum Gasteiger partial charge on any atom is -0.320 e. The van der Waals surface area contributed by atoms with E-state index in [1.807, 2.05) is 32.9 Å². The Labute approximate surface area is 124 Å². The first kappa shape index (κ1) is 15.2. The lowest BCUT2D eigenvalue weighted by atomic mass is 9.92. The number of aryl methyl sites for hydroxylation is 3. The molecule has 2 aromatic rings. The van der Waals surface area contributed by atoms with Crippen LogP contribution in [0.1, 0.15) is 40.8 Å². The van der Waals surface area contributed by atoms with E-state index in [0.29, 0.717) is 0 Å². The van der Waals surface area contributed by atoms with E-state index in [0.717, 1.165) is 34.2 Å². The average molecular weight is 284 g/mol. The maximum absolute atomic E-state index is 11.0. The third-order valence-electron chi connectivity index (χ3n) is 3.66. The fourth-order valence-corrected chi connectivity index (χ4v) is 2.68. The van der Waals surface area contributed by atoms with Crippen LogP contribution in [0.25, 0.3) is 0 Å². The van der Waals surface area contributed by atoms with E-state index in [4.69, 9.17) is 5.73 Å². The molecule has 4 heteroatoms. The second-order valence-electron chi connectivity index (χ2n) is 5.39. The number of hydrogen-bond acceptors (Lipinski definition) is 3. The average Bonchev–Trinajstić information content (AvgIpc) is 2.44. The first-order valence-electron chi connectivity index (χ1n) is 7.03. The van der Waals surface area contributed by atoms with Gasteiger partial charge >= 0.3 is 0 Å². The molecule has 0 aliphatic rings. The van der Waals surface area contributed by atoms with Crippen LogP contribution in [-0.4, -0.2) is 4.92 Å². The van der Waals surface area contributed by atoms with Gasteiger partial charge in [-0.1, -0.05) is 42.3 Å². The molecule has 0 saturated heterocycles. The molecule has 0 aromatic heterocycles. The van der Waals surface area contributed by atoms with Gasteiger partial charge in [0, 0.05) is 12.1 Å². The monoisotopic (exact) mass is 284 g/mol. The molecule has 0 radical (unpaired) electrons. The Bertz CT molecular complexity index is 660. The Balaban J connectivity index is 2.52. The van der Waals surface area contributed by atoms with Crippen molar-refractivity contribution in [2.45, 2.75) is 33.2 Å². The number of nitro groups is 1. The molecule has 1 unspecified atom stereocenters. The lowest BCUT2D eigenvalue weighted by Crippen LogP contribution is -2.15. The summed E-state index contributed by atoms with van der Waals surface area (Å²) in [5.41, 5.74) is 11.6. The molecule has 0 spiro atoms. The highest BCUT2D eigenvalue weighted by Gasteiger charge is 2.17. The fraction of sp³-hybridized carbons (Fsp3) is 0.294. The van der Waals surface area contributed by atoms with Crippen molar-refractivity contribution in [1.29, 1.82) is 0 Å². The summed E-state index contributed by atoms with van der Waals surface area (Å²) in [5, 5.41) is 11.0. The molecule has 2 N–H and O–H groups in total. The summed E-state index contributed by atoms with van der Waals surface area (Å²) >= 11 is 0. The minimum absolute atomic E-state index is 0.0852. The molecule has 0 bridgehead atoms. The smallest absolute Gasteiger partial charge is 0.269 e. The SMILES string of the molecule is CCc1ccc([N+](=O)[O-])cc1C(N)c1cc(C)cc(C)c1. The van der Waals surface area contributed by atoms with Crippen molar-refractivity contribution >= 4 is 5.69 Å². The predicted molar refractivity (Wildman–Crippen MR) is 84.4 cm³/mol. The summed E-state index contributed by atoms with van der Waals surface area (Å²) in [6, 6.07) is 10.8. The maximum atomic E-state index is 11.0. The molecule has 2 aromatic carbocycles. The molecule has 4 nitrogen and oxygen atoms in total. The van der Waals surface area contributed by atoms with Crippen LogP contribution in [0.15, 0.2) is 36.4 Å². The van der Waals surface area contributed by atoms with E-state index in [-0.39, 0.29) is 16.7 Å². The van der Waals surface area contributed by atoms with Gasteiger partial charge in [-0.2, -0.15) is 0 Å². The maximum Gasteiger partial charge on any atom is 0.269 e. The molecule has 21 heavy (non-hydrogen) atoms. The van der Waals surface area contributed by atoms with Gasteiger partial charge in [-0.15, -0.1) is 0 Å². The van der Waals surface area contributed by atoms with Gasteiger partial charge in [0.15, 0.2) is 0 Å². The summed E-state index contributed by atoms with van der Waals surface area (Å²) < 4.78 is 0. The van der Waals surface area contributed by atoms with Crippen LogP contribution in [0, 0.1) is 24.0 Å². The van der Waals surface area contributed by atoms with Crippen LogP contribution in [0.4, 0.5) is 5.69 Å². The number of nitro benzene ring substituents is 1. The molecule has 0 saturated carbocycles. The largest absolute Gasteiger partial charge is 0.320 e. The number of hydrogen-bond donors (Lipinski definition) is 1. The van der Waals surface area contributed by atoms with Crippen molar-refractivity contribution in [1.82, 2.24) is 0 Å². The van der Waals surface area contributed by atoms with Crippen LogP contribution in [0.2, 0.25) is 0 Å². The van der Waals surface area contributed by atoms with Gasteiger partial charge in [0.2, 0.25) is 0 Å². The summed E-state index contributed by atoms with van der Waals surface area (Å²) in [6.07, 6.45) is 0.797. The quantitative estimate of drug-likeness (QED) is 0.685. The summed E-state index contributed by atoms with van der Waals surface area (Å²) in [7, 11) is 0. The second-order valence-corrected chi connectivity index (χ2v) is 5.39. The van der Waals surface area contributed by atoms with Crippen LogP contribution in [0.3, 0.4) is 0 Å².